The summed E-state index contributed by atoms with van der Waals surface area (Å²) in [5.41, 5.74) is 1.95. The number of para-hydroxylation sites is 1. The van der Waals surface area contributed by atoms with Crippen LogP contribution in [0.5, 0.6) is 0 Å². The van der Waals surface area contributed by atoms with E-state index in [1.807, 2.05) is 31.2 Å². The van der Waals surface area contributed by atoms with Crippen LogP contribution in [0.15, 0.2) is 24.3 Å². The summed E-state index contributed by atoms with van der Waals surface area (Å²) in [5, 5.41) is 5.88. The van der Waals surface area contributed by atoms with E-state index in [-0.39, 0.29) is 12.1 Å². The lowest BCUT2D eigenvalue weighted by atomic mass is 10.2. The van der Waals surface area contributed by atoms with Gasteiger partial charge in [0.2, 0.25) is 0 Å². The predicted octanol–water partition coefficient (Wildman–Crippen LogP) is 1.82. The van der Waals surface area contributed by atoms with E-state index in [0.717, 1.165) is 30.8 Å². The molecule has 1 saturated heterocycles. The number of urea groups is 1. The van der Waals surface area contributed by atoms with Gasteiger partial charge in [-0.3, -0.25) is 0 Å². The van der Waals surface area contributed by atoms with Gasteiger partial charge in [-0.1, -0.05) is 18.2 Å². The lowest BCUT2D eigenvalue weighted by Crippen LogP contribution is -2.39. The van der Waals surface area contributed by atoms with Gasteiger partial charge < -0.3 is 15.5 Å². The number of benzene rings is 1. The van der Waals surface area contributed by atoms with Gasteiger partial charge in [-0.15, -0.1) is 0 Å². The number of nitrogens with one attached hydrogen (secondary N) is 2. The molecule has 2 rings (SSSR count). The van der Waals surface area contributed by atoms with Crippen LogP contribution in [0.25, 0.3) is 0 Å². The Hall–Kier alpha value is -1.55. The summed E-state index contributed by atoms with van der Waals surface area (Å²) in [6, 6.07) is 7.94. The molecule has 1 aromatic carbocycles. The number of likely N-dealkylation sites (tertiary alicyclic amines) is 1. The van der Waals surface area contributed by atoms with Crippen LogP contribution in [-0.4, -0.2) is 37.1 Å². The molecule has 1 atom stereocenters. The molecule has 1 heterocycles. The van der Waals surface area contributed by atoms with Crippen LogP contribution in [0, 0.1) is 6.92 Å². The Balaban J connectivity index is 1.87. The molecule has 1 aromatic rings. The molecule has 1 aliphatic heterocycles. The summed E-state index contributed by atoms with van der Waals surface area (Å²) in [4.78, 5) is 14.0. The standard InChI is InChI=1S/C13H19N3O/c1-10-5-3-4-6-12(10)15-13(17)14-11-7-8-16(2)9-11/h3-6,11H,7-9H2,1-2H3,(H2,14,15,17). The molecule has 92 valence electrons. The third-order valence-corrected chi connectivity index (χ3v) is 3.12. The summed E-state index contributed by atoms with van der Waals surface area (Å²) in [7, 11) is 2.07. The van der Waals surface area contributed by atoms with Gasteiger partial charge in [-0.05, 0) is 38.6 Å². The summed E-state index contributed by atoms with van der Waals surface area (Å²) in [6.07, 6.45) is 1.03. The zero-order chi connectivity index (χ0) is 12.3. The molecule has 2 N–H and O–H groups in total. The molecule has 0 saturated carbocycles. The number of rotatable bonds is 2. The minimum atomic E-state index is -0.111. The highest BCUT2D eigenvalue weighted by Crippen LogP contribution is 2.13. The van der Waals surface area contributed by atoms with E-state index in [1.54, 1.807) is 0 Å². The number of carbonyl (C=O) groups is 1. The van der Waals surface area contributed by atoms with Gasteiger partial charge in [0.25, 0.3) is 0 Å². The van der Waals surface area contributed by atoms with Crippen LogP contribution in [0.1, 0.15) is 12.0 Å². The fraction of sp³-hybridized carbons (Fsp3) is 0.462. The van der Waals surface area contributed by atoms with E-state index in [1.165, 1.54) is 0 Å². The molecule has 4 heteroatoms. The molecule has 0 aliphatic carbocycles. The van der Waals surface area contributed by atoms with Crippen LogP contribution in [0.2, 0.25) is 0 Å². The first-order valence-electron chi connectivity index (χ1n) is 5.97. The van der Waals surface area contributed by atoms with Crippen molar-refractivity contribution >= 4 is 11.7 Å². The second-order valence-corrected chi connectivity index (χ2v) is 4.66. The second kappa shape index (κ2) is 5.19. The number of likely N-dealkylation sites (N-methyl/N-ethyl adjacent to an activating group) is 1. The van der Waals surface area contributed by atoms with Crippen molar-refractivity contribution in [2.45, 2.75) is 19.4 Å². The Bertz CT molecular complexity index is 405. The fourth-order valence-corrected chi connectivity index (χ4v) is 2.11. The van der Waals surface area contributed by atoms with Crippen molar-refractivity contribution in [3.63, 3.8) is 0 Å². The van der Waals surface area contributed by atoms with Gasteiger partial charge in [-0.2, -0.15) is 0 Å². The topological polar surface area (TPSA) is 44.4 Å². The van der Waals surface area contributed by atoms with Gasteiger partial charge in [0.05, 0.1) is 0 Å². The van der Waals surface area contributed by atoms with Crippen molar-refractivity contribution in [2.75, 3.05) is 25.5 Å². The number of amides is 2. The Kier molecular flexibility index (Phi) is 3.64. The van der Waals surface area contributed by atoms with E-state index in [9.17, 15) is 4.79 Å². The smallest absolute Gasteiger partial charge is 0.319 e. The lowest BCUT2D eigenvalue weighted by Gasteiger charge is -2.14. The van der Waals surface area contributed by atoms with Crippen LogP contribution in [-0.2, 0) is 0 Å². The number of hydrogen-bond acceptors (Lipinski definition) is 2. The van der Waals surface area contributed by atoms with Gasteiger partial charge in [0.1, 0.15) is 0 Å². The van der Waals surface area contributed by atoms with Gasteiger partial charge in [0.15, 0.2) is 0 Å². The number of anilines is 1. The third-order valence-electron chi connectivity index (χ3n) is 3.12. The highest BCUT2D eigenvalue weighted by atomic mass is 16.2. The molecule has 4 nitrogen and oxygen atoms in total. The zero-order valence-electron chi connectivity index (χ0n) is 10.4. The summed E-state index contributed by atoms with van der Waals surface area (Å²) in [5.74, 6) is 0. The molecule has 2 amide bonds. The molecule has 0 spiro atoms. The van der Waals surface area contributed by atoms with Crippen LogP contribution >= 0.6 is 0 Å². The maximum absolute atomic E-state index is 11.8. The maximum Gasteiger partial charge on any atom is 0.319 e. The molecular formula is C13H19N3O. The SMILES string of the molecule is Cc1ccccc1NC(=O)NC1CCN(C)C1. The van der Waals surface area contributed by atoms with Crippen molar-refractivity contribution in [3.8, 4) is 0 Å². The normalized spacial score (nSPS) is 20.2. The Morgan fingerprint density at radius 2 is 2.18 bits per heavy atom. The summed E-state index contributed by atoms with van der Waals surface area (Å²) >= 11 is 0. The molecule has 1 unspecified atom stereocenters. The predicted molar refractivity (Wildman–Crippen MR) is 69.2 cm³/mol. The molecular weight excluding hydrogens is 214 g/mol. The molecule has 1 aliphatic rings. The largest absolute Gasteiger partial charge is 0.334 e. The molecule has 0 aromatic heterocycles. The summed E-state index contributed by atoms with van der Waals surface area (Å²) in [6.45, 7) is 3.97. The average molecular weight is 233 g/mol. The van der Waals surface area contributed by atoms with E-state index in [0.29, 0.717) is 0 Å². The Morgan fingerprint density at radius 1 is 1.41 bits per heavy atom. The van der Waals surface area contributed by atoms with E-state index >= 15 is 0 Å². The fourth-order valence-electron chi connectivity index (χ4n) is 2.11. The minimum absolute atomic E-state index is 0.111. The van der Waals surface area contributed by atoms with Crippen LogP contribution in [0.4, 0.5) is 10.5 Å². The van der Waals surface area contributed by atoms with Crippen molar-refractivity contribution in [2.24, 2.45) is 0 Å². The highest BCUT2D eigenvalue weighted by molar-refractivity contribution is 5.90. The van der Waals surface area contributed by atoms with Gasteiger partial charge >= 0.3 is 6.03 Å². The van der Waals surface area contributed by atoms with E-state index < -0.39 is 0 Å². The first-order valence-corrected chi connectivity index (χ1v) is 5.97. The number of aryl methyl sites for hydroxylation is 1. The maximum atomic E-state index is 11.8. The quantitative estimate of drug-likeness (QED) is 0.818. The van der Waals surface area contributed by atoms with Crippen LogP contribution in [0.3, 0.4) is 0 Å². The number of carbonyl (C=O) groups excluding carboxylic acids is 1. The monoisotopic (exact) mass is 233 g/mol. The Morgan fingerprint density at radius 3 is 2.82 bits per heavy atom. The summed E-state index contributed by atoms with van der Waals surface area (Å²) < 4.78 is 0. The van der Waals surface area contributed by atoms with Crippen LogP contribution < -0.4 is 10.6 Å². The zero-order valence-corrected chi connectivity index (χ0v) is 10.4. The third kappa shape index (κ3) is 3.20. The van der Waals surface area contributed by atoms with E-state index in [2.05, 4.69) is 22.6 Å². The van der Waals surface area contributed by atoms with Crippen molar-refractivity contribution < 1.29 is 4.79 Å². The van der Waals surface area contributed by atoms with Gasteiger partial charge in [0, 0.05) is 18.3 Å². The van der Waals surface area contributed by atoms with Crippen molar-refractivity contribution in [1.82, 2.24) is 10.2 Å². The average Bonchev–Trinajstić information content (AvgIpc) is 2.67. The first kappa shape index (κ1) is 11.9. The minimum Gasteiger partial charge on any atom is -0.334 e. The highest BCUT2D eigenvalue weighted by Gasteiger charge is 2.20. The molecule has 1 fully saturated rings. The first-order chi connectivity index (χ1) is 8.15. The Labute approximate surface area is 102 Å². The van der Waals surface area contributed by atoms with E-state index in [4.69, 9.17) is 0 Å². The number of nitrogens with zero attached hydrogens (tertiary/aromatic N) is 1. The van der Waals surface area contributed by atoms with Crippen molar-refractivity contribution in [3.05, 3.63) is 29.8 Å². The molecule has 0 bridgehead atoms. The lowest BCUT2D eigenvalue weighted by molar-refractivity contribution is 0.248. The van der Waals surface area contributed by atoms with Crippen molar-refractivity contribution in [1.29, 1.82) is 0 Å². The van der Waals surface area contributed by atoms with Gasteiger partial charge in [-0.25, -0.2) is 4.79 Å². The molecule has 0 radical (unpaired) electrons. The molecule has 17 heavy (non-hydrogen) atoms. The second-order valence-electron chi connectivity index (χ2n) is 4.66. The number of hydrogen-bond donors (Lipinski definition) is 2.